The number of benzene rings is 2. The Morgan fingerprint density at radius 3 is 2.78 bits per heavy atom. The second kappa shape index (κ2) is 7.16. The molecule has 0 atom stereocenters. The van der Waals surface area contributed by atoms with Gasteiger partial charge in [0.1, 0.15) is 0 Å². The lowest BCUT2D eigenvalue weighted by molar-refractivity contribution is -0.116. The molecule has 2 N–H and O–H groups in total. The van der Waals surface area contributed by atoms with Gasteiger partial charge in [-0.1, -0.05) is 48.0 Å². The molecule has 1 aromatic heterocycles. The van der Waals surface area contributed by atoms with Crippen LogP contribution >= 0.6 is 11.6 Å². The van der Waals surface area contributed by atoms with E-state index >= 15 is 0 Å². The number of amides is 1. The Labute approximate surface area is 140 Å². The molecule has 0 aliphatic heterocycles. The van der Waals surface area contributed by atoms with Crippen LogP contribution in [-0.2, 0) is 11.2 Å². The lowest BCUT2D eigenvalue weighted by atomic mass is 10.1. The summed E-state index contributed by atoms with van der Waals surface area (Å²) in [4.78, 5) is 15.1. The van der Waals surface area contributed by atoms with Crippen LogP contribution in [0.25, 0.3) is 17.0 Å². The predicted octanol–water partition coefficient (Wildman–Crippen LogP) is 4.19. The minimum Gasteiger partial charge on any atom is -0.361 e. The van der Waals surface area contributed by atoms with Gasteiger partial charge in [-0.2, -0.15) is 0 Å². The molecule has 3 nitrogen and oxygen atoms in total. The van der Waals surface area contributed by atoms with Crippen LogP contribution in [-0.4, -0.2) is 17.4 Å². The molecule has 0 saturated carbocycles. The summed E-state index contributed by atoms with van der Waals surface area (Å²) in [5.41, 5.74) is 3.16. The van der Waals surface area contributed by atoms with Gasteiger partial charge in [-0.05, 0) is 35.8 Å². The van der Waals surface area contributed by atoms with Gasteiger partial charge in [0.2, 0.25) is 5.91 Å². The highest BCUT2D eigenvalue weighted by molar-refractivity contribution is 6.32. The standard InChI is InChI=1S/C19H17ClN2O/c20-17-7-3-1-5-14(17)9-10-19(23)21-12-11-15-13-22-18-8-4-2-6-16(15)18/h1-10,13,22H,11-12H2,(H,21,23)/b10-9+. The zero-order valence-corrected chi connectivity index (χ0v) is 13.3. The maximum Gasteiger partial charge on any atom is 0.244 e. The van der Waals surface area contributed by atoms with Crippen molar-refractivity contribution in [1.82, 2.24) is 10.3 Å². The average Bonchev–Trinajstić information content (AvgIpc) is 2.98. The number of fused-ring (bicyclic) bond motifs is 1. The molecule has 0 bridgehead atoms. The topological polar surface area (TPSA) is 44.9 Å². The van der Waals surface area contributed by atoms with Gasteiger partial charge >= 0.3 is 0 Å². The van der Waals surface area contributed by atoms with E-state index in [1.807, 2.05) is 42.6 Å². The minimum atomic E-state index is -0.121. The quantitative estimate of drug-likeness (QED) is 0.679. The Bertz CT molecular complexity index is 851. The van der Waals surface area contributed by atoms with Crippen molar-refractivity contribution in [2.45, 2.75) is 6.42 Å². The number of aromatic nitrogens is 1. The molecule has 1 amide bonds. The van der Waals surface area contributed by atoms with Crippen LogP contribution in [0.3, 0.4) is 0 Å². The van der Waals surface area contributed by atoms with Gasteiger partial charge in [0.15, 0.2) is 0 Å². The fourth-order valence-electron chi connectivity index (χ4n) is 2.49. The van der Waals surface area contributed by atoms with Crippen LogP contribution in [0.5, 0.6) is 0 Å². The van der Waals surface area contributed by atoms with Gasteiger partial charge < -0.3 is 10.3 Å². The maximum atomic E-state index is 11.9. The molecule has 3 rings (SSSR count). The molecular weight excluding hydrogens is 308 g/mol. The van der Waals surface area contributed by atoms with E-state index in [-0.39, 0.29) is 5.91 Å². The second-order valence-corrected chi connectivity index (χ2v) is 5.66. The lowest BCUT2D eigenvalue weighted by Crippen LogP contribution is -2.23. The summed E-state index contributed by atoms with van der Waals surface area (Å²) >= 11 is 6.05. The van der Waals surface area contributed by atoms with Crippen molar-refractivity contribution in [3.8, 4) is 0 Å². The van der Waals surface area contributed by atoms with Crippen LogP contribution < -0.4 is 5.32 Å². The van der Waals surface area contributed by atoms with Crippen LogP contribution in [0.1, 0.15) is 11.1 Å². The molecule has 23 heavy (non-hydrogen) atoms. The first kappa shape index (κ1) is 15.4. The van der Waals surface area contributed by atoms with Gasteiger partial charge in [-0.15, -0.1) is 0 Å². The molecule has 0 spiro atoms. The second-order valence-electron chi connectivity index (χ2n) is 5.26. The van der Waals surface area contributed by atoms with Crippen LogP contribution in [0.2, 0.25) is 5.02 Å². The van der Waals surface area contributed by atoms with E-state index in [2.05, 4.69) is 16.4 Å². The smallest absolute Gasteiger partial charge is 0.244 e. The number of H-pyrrole nitrogens is 1. The molecule has 4 heteroatoms. The van der Waals surface area contributed by atoms with E-state index in [1.54, 1.807) is 12.1 Å². The largest absolute Gasteiger partial charge is 0.361 e. The molecule has 1 heterocycles. The summed E-state index contributed by atoms with van der Waals surface area (Å²) in [5, 5.41) is 4.73. The highest BCUT2D eigenvalue weighted by Crippen LogP contribution is 2.18. The van der Waals surface area contributed by atoms with Gasteiger partial charge in [0.25, 0.3) is 0 Å². The van der Waals surface area contributed by atoms with Crippen molar-refractivity contribution in [1.29, 1.82) is 0 Å². The van der Waals surface area contributed by atoms with Crippen molar-refractivity contribution < 1.29 is 4.79 Å². The van der Waals surface area contributed by atoms with Crippen molar-refractivity contribution >= 4 is 34.5 Å². The number of hydrogen-bond acceptors (Lipinski definition) is 1. The summed E-state index contributed by atoms with van der Waals surface area (Å²) in [6.07, 6.45) is 6.02. The average molecular weight is 325 g/mol. The number of hydrogen-bond donors (Lipinski definition) is 2. The highest BCUT2D eigenvalue weighted by atomic mass is 35.5. The van der Waals surface area contributed by atoms with Crippen LogP contribution in [0.4, 0.5) is 0 Å². The molecule has 0 unspecified atom stereocenters. The van der Waals surface area contributed by atoms with E-state index in [4.69, 9.17) is 11.6 Å². The summed E-state index contributed by atoms with van der Waals surface area (Å²) in [7, 11) is 0. The fraction of sp³-hybridized carbons (Fsp3) is 0.105. The number of rotatable bonds is 5. The number of halogens is 1. The maximum absolute atomic E-state index is 11.9. The Kier molecular flexibility index (Phi) is 4.79. The Balaban J connectivity index is 1.54. The number of carbonyl (C=O) groups excluding carboxylic acids is 1. The van der Waals surface area contributed by atoms with Crippen LogP contribution in [0.15, 0.2) is 60.8 Å². The molecule has 0 radical (unpaired) electrons. The predicted molar refractivity (Wildman–Crippen MR) is 95.5 cm³/mol. The van der Waals surface area contributed by atoms with Gasteiger partial charge in [0.05, 0.1) is 0 Å². The van der Waals surface area contributed by atoms with E-state index in [0.717, 1.165) is 17.5 Å². The van der Waals surface area contributed by atoms with Gasteiger partial charge in [-0.25, -0.2) is 0 Å². The molecule has 0 saturated heterocycles. The van der Waals surface area contributed by atoms with E-state index in [1.165, 1.54) is 17.0 Å². The van der Waals surface area contributed by atoms with E-state index < -0.39 is 0 Å². The third-order valence-electron chi connectivity index (χ3n) is 3.69. The first-order valence-corrected chi connectivity index (χ1v) is 7.87. The SMILES string of the molecule is O=C(/C=C/c1ccccc1Cl)NCCc1c[nH]c2ccccc12. The third-order valence-corrected chi connectivity index (χ3v) is 4.03. The zero-order chi connectivity index (χ0) is 16.1. The number of carbonyl (C=O) groups is 1. The molecule has 0 aliphatic rings. The monoisotopic (exact) mass is 324 g/mol. The third kappa shape index (κ3) is 3.82. The van der Waals surface area contributed by atoms with Gasteiger partial charge in [0, 0.05) is 34.7 Å². The first-order valence-electron chi connectivity index (χ1n) is 7.49. The number of nitrogens with one attached hydrogen (secondary N) is 2. The summed E-state index contributed by atoms with van der Waals surface area (Å²) in [5.74, 6) is -0.121. The number of aromatic amines is 1. The lowest BCUT2D eigenvalue weighted by Gasteiger charge is -2.02. The van der Waals surface area contributed by atoms with E-state index in [0.29, 0.717) is 11.6 Å². The molecule has 2 aromatic carbocycles. The number of para-hydroxylation sites is 1. The Hall–Kier alpha value is -2.52. The first-order chi connectivity index (χ1) is 11.2. The zero-order valence-electron chi connectivity index (χ0n) is 12.6. The van der Waals surface area contributed by atoms with E-state index in [9.17, 15) is 4.79 Å². The van der Waals surface area contributed by atoms with Crippen molar-refractivity contribution in [3.05, 3.63) is 77.0 Å². The Morgan fingerprint density at radius 2 is 1.91 bits per heavy atom. The normalized spacial score (nSPS) is 11.2. The highest BCUT2D eigenvalue weighted by Gasteiger charge is 2.03. The molecule has 0 fully saturated rings. The van der Waals surface area contributed by atoms with Gasteiger partial charge in [-0.3, -0.25) is 4.79 Å². The minimum absolute atomic E-state index is 0.121. The van der Waals surface area contributed by atoms with Crippen molar-refractivity contribution in [2.24, 2.45) is 0 Å². The van der Waals surface area contributed by atoms with Crippen molar-refractivity contribution in [3.63, 3.8) is 0 Å². The van der Waals surface area contributed by atoms with Crippen LogP contribution in [0, 0.1) is 0 Å². The fourth-order valence-corrected chi connectivity index (χ4v) is 2.69. The molecule has 116 valence electrons. The molecule has 0 aliphatic carbocycles. The van der Waals surface area contributed by atoms with Crippen molar-refractivity contribution in [2.75, 3.05) is 6.54 Å². The summed E-state index contributed by atoms with van der Waals surface area (Å²) in [6.45, 7) is 0.591. The summed E-state index contributed by atoms with van der Waals surface area (Å²) in [6, 6.07) is 15.6. The summed E-state index contributed by atoms with van der Waals surface area (Å²) < 4.78 is 0. The molecule has 3 aromatic rings. The Morgan fingerprint density at radius 1 is 1.13 bits per heavy atom. The molecular formula is C19H17ClN2O.